The Kier molecular flexibility index (Phi) is 7.17. The van der Waals surface area contributed by atoms with Gasteiger partial charge in [-0.1, -0.05) is 28.1 Å². The molecule has 0 aliphatic heterocycles. The molecule has 7 heteroatoms. The summed E-state index contributed by atoms with van der Waals surface area (Å²) in [6.07, 6.45) is 0.729. The van der Waals surface area contributed by atoms with Crippen LogP contribution in [-0.2, 0) is 9.53 Å². The molecule has 0 heterocycles. The number of ether oxygens (including phenoxy) is 1. The van der Waals surface area contributed by atoms with Gasteiger partial charge in [0, 0.05) is 17.9 Å². The number of nitrogens with one attached hydrogen (secondary N) is 2. The van der Waals surface area contributed by atoms with E-state index >= 15 is 0 Å². The Bertz CT molecular complexity index is 503. The lowest BCUT2D eigenvalue weighted by molar-refractivity contribution is -0.140. The molecule has 0 unspecified atom stereocenters. The van der Waals surface area contributed by atoms with Gasteiger partial charge in [0.2, 0.25) is 0 Å². The van der Waals surface area contributed by atoms with Crippen molar-refractivity contribution in [1.29, 1.82) is 0 Å². The number of halogens is 1. The van der Waals surface area contributed by atoms with Gasteiger partial charge >= 0.3 is 5.97 Å². The van der Waals surface area contributed by atoms with E-state index in [0.29, 0.717) is 11.5 Å². The molecule has 0 spiro atoms. The first-order valence-corrected chi connectivity index (χ1v) is 7.14. The molecule has 20 heavy (non-hydrogen) atoms. The Labute approximate surface area is 131 Å². The standard InChI is InChI=1S/C13H16BrN3O2S/c1-15-13(20)17-16-11(7-8-12(18)19-2)9-3-5-10(14)6-4-9/h3-6H,7-8H2,1-2H3,(H2,15,17,20)/b16-11+. The number of esters is 1. The zero-order valence-corrected chi connectivity index (χ0v) is 13.7. The fourth-order valence-corrected chi connectivity index (χ4v) is 1.71. The van der Waals surface area contributed by atoms with E-state index in [9.17, 15) is 4.79 Å². The molecule has 1 aromatic rings. The van der Waals surface area contributed by atoms with E-state index in [-0.39, 0.29) is 12.4 Å². The highest BCUT2D eigenvalue weighted by atomic mass is 79.9. The normalized spacial score (nSPS) is 10.8. The molecule has 0 amide bonds. The number of rotatable bonds is 5. The summed E-state index contributed by atoms with van der Waals surface area (Å²) < 4.78 is 5.62. The van der Waals surface area contributed by atoms with Gasteiger partial charge in [0.25, 0.3) is 0 Å². The number of nitrogens with zero attached hydrogens (tertiary/aromatic N) is 1. The zero-order valence-electron chi connectivity index (χ0n) is 11.3. The third-order valence-corrected chi connectivity index (χ3v) is 3.31. The van der Waals surface area contributed by atoms with Crippen molar-refractivity contribution in [3.63, 3.8) is 0 Å². The number of methoxy groups -OCH3 is 1. The Hall–Kier alpha value is -1.47. The van der Waals surface area contributed by atoms with Gasteiger partial charge in [0.1, 0.15) is 0 Å². The largest absolute Gasteiger partial charge is 0.469 e. The van der Waals surface area contributed by atoms with Gasteiger partial charge in [-0.25, -0.2) is 0 Å². The summed E-state index contributed by atoms with van der Waals surface area (Å²) >= 11 is 8.36. The van der Waals surface area contributed by atoms with E-state index in [0.717, 1.165) is 15.7 Å². The van der Waals surface area contributed by atoms with Crippen LogP contribution in [0.15, 0.2) is 33.8 Å². The second-order valence-corrected chi connectivity index (χ2v) is 5.16. The number of hydrazone groups is 1. The van der Waals surface area contributed by atoms with Crippen LogP contribution in [0.5, 0.6) is 0 Å². The number of benzene rings is 1. The summed E-state index contributed by atoms with van der Waals surface area (Å²) in [4.78, 5) is 11.3. The molecule has 0 aromatic heterocycles. The van der Waals surface area contributed by atoms with Crippen molar-refractivity contribution in [2.45, 2.75) is 12.8 Å². The fraction of sp³-hybridized carbons (Fsp3) is 0.308. The van der Waals surface area contributed by atoms with Crippen molar-refractivity contribution in [2.24, 2.45) is 5.10 Å². The number of hydrogen-bond donors (Lipinski definition) is 2. The molecule has 0 saturated carbocycles. The van der Waals surface area contributed by atoms with E-state index < -0.39 is 0 Å². The molecule has 5 nitrogen and oxygen atoms in total. The molecule has 1 rings (SSSR count). The SMILES string of the molecule is CNC(=S)N/N=C(\CCC(=O)OC)c1ccc(Br)cc1. The molecule has 0 atom stereocenters. The Morgan fingerprint density at radius 1 is 1.35 bits per heavy atom. The molecule has 0 radical (unpaired) electrons. The number of hydrogen-bond acceptors (Lipinski definition) is 4. The van der Waals surface area contributed by atoms with Crippen molar-refractivity contribution < 1.29 is 9.53 Å². The first-order chi connectivity index (χ1) is 9.56. The Morgan fingerprint density at radius 3 is 2.55 bits per heavy atom. The summed E-state index contributed by atoms with van der Waals surface area (Å²) in [6.45, 7) is 0. The van der Waals surface area contributed by atoms with Crippen LogP contribution in [0.1, 0.15) is 18.4 Å². The van der Waals surface area contributed by atoms with Gasteiger partial charge in [0.05, 0.1) is 19.2 Å². The lowest BCUT2D eigenvalue weighted by atomic mass is 10.1. The minimum Gasteiger partial charge on any atom is -0.469 e. The first kappa shape index (κ1) is 16.6. The minimum absolute atomic E-state index is 0.263. The van der Waals surface area contributed by atoms with Crippen LogP contribution in [0.3, 0.4) is 0 Å². The van der Waals surface area contributed by atoms with E-state index in [4.69, 9.17) is 12.2 Å². The van der Waals surface area contributed by atoms with E-state index in [1.807, 2.05) is 24.3 Å². The van der Waals surface area contributed by atoms with Gasteiger partial charge in [-0.3, -0.25) is 10.2 Å². The van der Waals surface area contributed by atoms with Crippen LogP contribution in [0, 0.1) is 0 Å². The van der Waals surface area contributed by atoms with Gasteiger partial charge in [-0.05, 0) is 29.9 Å². The van der Waals surface area contributed by atoms with E-state index in [2.05, 4.69) is 36.5 Å². The highest BCUT2D eigenvalue weighted by Gasteiger charge is 2.08. The topological polar surface area (TPSA) is 62.7 Å². The van der Waals surface area contributed by atoms with Crippen molar-refractivity contribution >= 4 is 44.9 Å². The van der Waals surface area contributed by atoms with Crippen molar-refractivity contribution in [3.8, 4) is 0 Å². The predicted octanol–water partition coefficient (Wildman–Crippen LogP) is 2.20. The van der Waals surface area contributed by atoms with Crippen molar-refractivity contribution in [3.05, 3.63) is 34.3 Å². The maximum Gasteiger partial charge on any atom is 0.305 e. The highest BCUT2D eigenvalue weighted by Crippen LogP contribution is 2.13. The third-order valence-electron chi connectivity index (χ3n) is 2.49. The van der Waals surface area contributed by atoms with Crippen LogP contribution >= 0.6 is 28.1 Å². The average molecular weight is 358 g/mol. The van der Waals surface area contributed by atoms with Crippen LogP contribution in [0.4, 0.5) is 0 Å². The molecule has 108 valence electrons. The number of carbonyl (C=O) groups excluding carboxylic acids is 1. The summed E-state index contributed by atoms with van der Waals surface area (Å²) in [5.41, 5.74) is 4.39. The minimum atomic E-state index is -0.272. The average Bonchev–Trinajstić information content (AvgIpc) is 2.47. The predicted molar refractivity (Wildman–Crippen MR) is 86.7 cm³/mol. The Balaban J connectivity index is 2.85. The van der Waals surface area contributed by atoms with Crippen LogP contribution in [-0.4, -0.2) is 31.0 Å². The van der Waals surface area contributed by atoms with Gasteiger partial charge in [0.15, 0.2) is 5.11 Å². The highest BCUT2D eigenvalue weighted by molar-refractivity contribution is 9.10. The molecule has 1 aromatic carbocycles. The van der Waals surface area contributed by atoms with Gasteiger partial charge < -0.3 is 10.1 Å². The lowest BCUT2D eigenvalue weighted by Gasteiger charge is -2.08. The molecule has 0 saturated heterocycles. The molecular weight excluding hydrogens is 342 g/mol. The monoisotopic (exact) mass is 357 g/mol. The van der Waals surface area contributed by atoms with Gasteiger partial charge in [-0.2, -0.15) is 5.10 Å². The molecule has 0 aliphatic carbocycles. The third kappa shape index (κ3) is 5.66. The van der Waals surface area contributed by atoms with Crippen molar-refractivity contribution in [2.75, 3.05) is 14.2 Å². The molecule has 0 bridgehead atoms. The maximum absolute atomic E-state index is 11.3. The first-order valence-electron chi connectivity index (χ1n) is 5.94. The summed E-state index contributed by atoms with van der Waals surface area (Å²) in [7, 11) is 3.08. The Morgan fingerprint density at radius 2 is 2.00 bits per heavy atom. The van der Waals surface area contributed by atoms with Crippen LogP contribution in [0.25, 0.3) is 0 Å². The number of carbonyl (C=O) groups is 1. The second-order valence-electron chi connectivity index (χ2n) is 3.83. The molecule has 0 aliphatic rings. The summed E-state index contributed by atoms with van der Waals surface area (Å²) in [5, 5.41) is 7.43. The quantitative estimate of drug-likeness (QED) is 0.366. The van der Waals surface area contributed by atoms with E-state index in [1.165, 1.54) is 7.11 Å². The lowest BCUT2D eigenvalue weighted by Crippen LogP contribution is -2.29. The van der Waals surface area contributed by atoms with Crippen LogP contribution < -0.4 is 10.7 Å². The summed E-state index contributed by atoms with van der Waals surface area (Å²) in [5.74, 6) is -0.272. The zero-order chi connectivity index (χ0) is 15.0. The number of thiocarbonyl (C=S) groups is 1. The smallest absolute Gasteiger partial charge is 0.305 e. The molecule has 2 N–H and O–H groups in total. The fourth-order valence-electron chi connectivity index (χ4n) is 1.40. The van der Waals surface area contributed by atoms with Crippen molar-refractivity contribution in [1.82, 2.24) is 10.7 Å². The van der Waals surface area contributed by atoms with Crippen LogP contribution in [0.2, 0.25) is 0 Å². The maximum atomic E-state index is 11.3. The van der Waals surface area contributed by atoms with E-state index in [1.54, 1.807) is 7.05 Å². The molecular formula is C13H16BrN3O2S. The second kappa shape index (κ2) is 8.65. The summed E-state index contributed by atoms with van der Waals surface area (Å²) in [6, 6.07) is 7.67. The molecule has 0 fully saturated rings. The van der Waals surface area contributed by atoms with Gasteiger partial charge in [-0.15, -0.1) is 0 Å².